The van der Waals surface area contributed by atoms with E-state index < -0.39 is 11.7 Å². The largest absolute Gasteiger partial charge is 0.474 e. The average Bonchev–Trinajstić information content (AvgIpc) is 3.35. The van der Waals surface area contributed by atoms with Gasteiger partial charge in [0, 0.05) is 31.4 Å². The first kappa shape index (κ1) is 24.4. The first-order valence-corrected chi connectivity index (χ1v) is 12.4. The molecule has 1 amide bonds. The van der Waals surface area contributed by atoms with E-state index in [0.29, 0.717) is 31.0 Å². The van der Waals surface area contributed by atoms with Gasteiger partial charge in [-0.1, -0.05) is 18.2 Å². The summed E-state index contributed by atoms with van der Waals surface area (Å²) in [5.74, 6) is -0.594. The van der Waals surface area contributed by atoms with Gasteiger partial charge in [0.1, 0.15) is 11.9 Å². The molecule has 1 N–H and O–H groups in total. The standard InChI is InChI=1S/C29H26FN5O2/c30-26-14-20(16-32)6-10-25(26)29(36)34-23-12-13-35(18-23)28(21-7-4-19(15-31)5-8-21)22-9-11-27(33-17-22)37-24-2-1-3-24/h4-11,14,17,23-24,28H,1-3,12-13,18H2,(H,34,36)/t23?,28-/m1/s1. The molecule has 1 aromatic heterocycles. The van der Waals surface area contributed by atoms with Gasteiger partial charge in [-0.05, 0) is 67.1 Å². The molecule has 0 spiro atoms. The van der Waals surface area contributed by atoms with Crippen molar-refractivity contribution in [3.63, 3.8) is 0 Å². The number of likely N-dealkylation sites (tertiary alicyclic amines) is 1. The van der Waals surface area contributed by atoms with Crippen LogP contribution >= 0.6 is 0 Å². The summed E-state index contributed by atoms with van der Waals surface area (Å²) in [4.78, 5) is 19.6. The molecule has 2 aromatic carbocycles. The Kier molecular flexibility index (Phi) is 7.11. The number of nitriles is 2. The molecule has 7 nitrogen and oxygen atoms in total. The number of hydrogen-bond acceptors (Lipinski definition) is 6. The van der Waals surface area contributed by atoms with Crippen molar-refractivity contribution in [1.29, 1.82) is 10.5 Å². The van der Waals surface area contributed by atoms with Gasteiger partial charge >= 0.3 is 0 Å². The summed E-state index contributed by atoms with van der Waals surface area (Å²) in [5, 5.41) is 21.1. The third-order valence-corrected chi connectivity index (χ3v) is 7.03. The highest BCUT2D eigenvalue weighted by molar-refractivity contribution is 5.94. The van der Waals surface area contributed by atoms with Crippen LogP contribution in [0.5, 0.6) is 5.88 Å². The number of rotatable bonds is 7. The summed E-state index contributed by atoms with van der Waals surface area (Å²) in [5.41, 5.74) is 2.67. The molecule has 3 aromatic rings. The van der Waals surface area contributed by atoms with Crippen molar-refractivity contribution < 1.29 is 13.9 Å². The monoisotopic (exact) mass is 495 g/mol. The Labute approximate surface area is 215 Å². The Morgan fingerprint density at radius 1 is 1.03 bits per heavy atom. The highest BCUT2D eigenvalue weighted by Crippen LogP contribution is 2.33. The number of amides is 1. The van der Waals surface area contributed by atoms with Crippen LogP contribution in [0.4, 0.5) is 4.39 Å². The number of halogens is 1. The van der Waals surface area contributed by atoms with Crippen LogP contribution < -0.4 is 10.1 Å². The van der Waals surface area contributed by atoms with Crippen molar-refractivity contribution in [1.82, 2.24) is 15.2 Å². The van der Waals surface area contributed by atoms with Gasteiger partial charge in [0.05, 0.1) is 34.9 Å². The topological polar surface area (TPSA) is 102 Å². The minimum Gasteiger partial charge on any atom is -0.474 e. The molecule has 186 valence electrons. The molecule has 2 aliphatic rings. The summed E-state index contributed by atoms with van der Waals surface area (Å²) in [7, 11) is 0. The van der Waals surface area contributed by atoms with Crippen molar-refractivity contribution in [3.8, 4) is 18.0 Å². The van der Waals surface area contributed by atoms with Gasteiger partial charge in [-0.15, -0.1) is 0 Å². The van der Waals surface area contributed by atoms with Gasteiger partial charge < -0.3 is 10.1 Å². The van der Waals surface area contributed by atoms with Crippen LogP contribution in [0.25, 0.3) is 0 Å². The molecule has 2 atom stereocenters. The lowest BCUT2D eigenvalue weighted by Crippen LogP contribution is -2.38. The average molecular weight is 496 g/mol. The molecular formula is C29H26FN5O2. The fourth-order valence-corrected chi connectivity index (χ4v) is 4.81. The Hall–Kier alpha value is -4.27. The van der Waals surface area contributed by atoms with E-state index in [1.807, 2.05) is 36.5 Å². The normalized spacial score (nSPS) is 18.3. The molecule has 1 unspecified atom stereocenters. The molecule has 8 heteroatoms. The van der Waals surface area contributed by atoms with E-state index in [9.17, 15) is 14.4 Å². The number of hydrogen-bond donors (Lipinski definition) is 1. The van der Waals surface area contributed by atoms with E-state index in [-0.39, 0.29) is 29.3 Å². The van der Waals surface area contributed by atoms with Crippen molar-refractivity contribution in [2.45, 2.75) is 43.9 Å². The number of nitrogens with one attached hydrogen (secondary N) is 1. The Bertz CT molecular complexity index is 1360. The highest BCUT2D eigenvalue weighted by Gasteiger charge is 2.32. The highest BCUT2D eigenvalue weighted by atomic mass is 19.1. The summed E-state index contributed by atoms with van der Waals surface area (Å²) in [6, 6.07) is 19.0. The zero-order valence-electron chi connectivity index (χ0n) is 20.2. The Morgan fingerprint density at radius 2 is 1.76 bits per heavy atom. The molecule has 2 fully saturated rings. The van der Waals surface area contributed by atoms with Crippen LogP contribution in [0.15, 0.2) is 60.8 Å². The summed E-state index contributed by atoms with van der Waals surface area (Å²) >= 11 is 0. The molecule has 2 heterocycles. The molecular weight excluding hydrogens is 469 g/mol. The predicted octanol–water partition coefficient (Wildman–Crippen LogP) is 4.49. The minimum atomic E-state index is -0.711. The minimum absolute atomic E-state index is 0.0765. The second kappa shape index (κ2) is 10.8. The van der Waals surface area contributed by atoms with Gasteiger partial charge in [-0.3, -0.25) is 9.69 Å². The van der Waals surface area contributed by atoms with Crippen LogP contribution in [0.1, 0.15) is 64.3 Å². The van der Waals surface area contributed by atoms with Gasteiger partial charge in [0.2, 0.25) is 5.88 Å². The van der Waals surface area contributed by atoms with E-state index in [1.165, 1.54) is 18.6 Å². The van der Waals surface area contributed by atoms with Gasteiger partial charge in [-0.25, -0.2) is 9.37 Å². The number of nitrogens with zero attached hydrogens (tertiary/aromatic N) is 4. The first-order chi connectivity index (χ1) is 18.0. The molecule has 0 radical (unpaired) electrons. The molecule has 37 heavy (non-hydrogen) atoms. The van der Waals surface area contributed by atoms with Crippen LogP contribution in [-0.4, -0.2) is 41.0 Å². The van der Waals surface area contributed by atoms with Gasteiger partial charge in [-0.2, -0.15) is 10.5 Å². The van der Waals surface area contributed by atoms with Crippen LogP contribution in [0.3, 0.4) is 0 Å². The fourth-order valence-electron chi connectivity index (χ4n) is 4.81. The first-order valence-electron chi connectivity index (χ1n) is 12.4. The number of ether oxygens (including phenoxy) is 1. The number of pyridine rings is 1. The van der Waals surface area contributed by atoms with Crippen molar-refractivity contribution in [2.75, 3.05) is 13.1 Å². The van der Waals surface area contributed by atoms with Crippen molar-refractivity contribution in [2.24, 2.45) is 0 Å². The Balaban J connectivity index is 1.33. The molecule has 1 aliphatic heterocycles. The van der Waals surface area contributed by atoms with Gasteiger partial charge in [0.25, 0.3) is 5.91 Å². The molecule has 1 saturated heterocycles. The summed E-state index contributed by atoms with van der Waals surface area (Å²) < 4.78 is 20.3. The molecule has 5 rings (SSSR count). The SMILES string of the molecule is N#Cc1ccc([C@H](c2ccc(OC3CCC3)nc2)N2CCC(NC(=O)c3ccc(C#N)cc3F)C2)cc1. The van der Waals surface area contributed by atoms with E-state index in [1.54, 1.807) is 12.1 Å². The molecule has 1 aliphatic carbocycles. The smallest absolute Gasteiger partial charge is 0.254 e. The van der Waals surface area contributed by atoms with Crippen molar-refractivity contribution >= 4 is 5.91 Å². The van der Waals surface area contributed by atoms with Gasteiger partial charge in [0.15, 0.2) is 0 Å². The third kappa shape index (κ3) is 5.45. The molecule has 1 saturated carbocycles. The lowest BCUT2D eigenvalue weighted by molar-refractivity contribution is 0.0932. The number of carbonyl (C=O) groups is 1. The lowest BCUT2D eigenvalue weighted by atomic mass is 9.96. The number of aromatic nitrogens is 1. The number of benzene rings is 2. The fraction of sp³-hybridized carbons (Fsp3) is 0.310. The molecule has 0 bridgehead atoms. The maximum absolute atomic E-state index is 14.3. The van der Waals surface area contributed by atoms with Crippen LogP contribution in [-0.2, 0) is 0 Å². The van der Waals surface area contributed by atoms with Crippen LogP contribution in [0.2, 0.25) is 0 Å². The van der Waals surface area contributed by atoms with E-state index >= 15 is 0 Å². The Morgan fingerprint density at radius 3 is 2.38 bits per heavy atom. The second-order valence-corrected chi connectivity index (χ2v) is 9.50. The van der Waals surface area contributed by atoms with E-state index in [2.05, 4.69) is 21.3 Å². The maximum Gasteiger partial charge on any atom is 0.254 e. The zero-order valence-corrected chi connectivity index (χ0v) is 20.2. The van der Waals surface area contributed by atoms with E-state index in [4.69, 9.17) is 10.00 Å². The second-order valence-electron chi connectivity index (χ2n) is 9.50. The summed E-state index contributed by atoms with van der Waals surface area (Å²) in [6.07, 6.45) is 6.08. The maximum atomic E-state index is 14.3. The predicted molar refractivity (Wildman–Crippen MR) is 134 cm³/mol. The lowest BCUT2D eigenvalue weighted by Gasteiger charge is -2.29. The summed E-state index contributed by atoms with van der Waals surface area (Å²) in [6.45, 7) is 1.28. The zero-order chi connectivity index (χ0) is 25.8. The third-order valence-electron chi connectivity index (χ3n) is 7.03. The van der Waals surface area contributed by atoms with E-state index in [0.717, 1.165) is 30.0 Å². The van der Waals surface area contributed by atoms with Crippen molar-refractivity contribution in [3.05, 3.63) is 94.4 Å². The number of carbonyl (C=O) groups excluding carboxylic acids is 1. The van der Waals surface area contributed by atoms with Crippen LogP contribution in [0, 0.1) is 28.5 Å². The quantitative estimate of drug-likeness (QED) is 0.518.